The zero-order valence-electron chi connectivity index (χ0n) is 11.0. The monoisotopic (exact) mass is 233 g/mol. The molecule has 0 spiro atoms. The number of nitrogens with one attached hydrogen (secondary N) is 1. The fourth-order valence-electron chi connectivity index (χ4n) is 2.25. The summed E-state index contributed by atoms with van der Waals surface area (Å²) in [6.07, 6.45) is 1.17. The number of hydrogen-bond acceptors (Lipinski definition) is 2. The van der Waals surface area contributed by atoms with Crippen molar-refractivity contribution in [3.05, 3.63) is 35.4 Å². The summed E-state index contributed by atoms with van der Waals surface area (Å²) in [6.45, 7) is 7.66. The van der Waals surface area contributed by atoms with E-state index in [0.717, 1.165) is 6.54 Å². The van der Waals surface area contributed by atoms with Crippen LogP contribution in [0.15, 0.2) is 24.3 Å². The van der Waals surface area contributed by atoms with Gasteiger partial charge in [-0.2, -0.15) is 0 Å². The van der Waals surface area contributed by atoms with E-state index in [1.165, 1.54) is 17.5 Å². The average Bonchev–Trinajstić information content (AvgIpc) is 2.24. The maximum Gasteiger partial charge on any atom is 0.0766 e. The Bertz CT molecular complexity index is 384. The normalized spacial score (nSPS) is 21.8. The maximum absolute atomic E-state index is 10.1. The van der Waals surface area contributed by atoms with Crippen molar-refractivity contribution in [2.75, 3.05) is 13.1 Å². The van der Waals surface area contributed by atoms with Gasteiger partial charge in [-0.3, -0.25) is 0 Å². The minimum atomic E-state index is -0.608. The number of rotatable bonds is 5. The molecule has 2 nitrogen and oxygen atoms in total. The van der Waals surface area contributed by atoms with Crippen molar-refractivity contribution in [2.24, 2.45) is 5.92 Å². The van der Waals surface area contributed by atoms with Gasteiger partial charge in [-0.05, 0) is 30.4 Å². The lowest BCUT2D eigenvalue weighted by Crippen LogP contribution is -2.44. The Kier molecular flexibility index (Phi) is 3.55. The van der Waals surface area contributed by atoms with Crippen molar-refractivity contribution >= 4 is 0 Å². The van der Waals surface area contributed by atoms with Gasteiger partial charge in [-0.15, -0.1) is 0 Å². The van der Waals surface area contributed by atoms with E-state index in [1.54, 1.807) is 0 Å². The van der Waals surface area contributed by atoms with Gasteiger partial charge in [0.1, 0.15) is 0 Å². The quantitative estimate of drug-likeness (QED) is 0.818. The Balaban J connectivity index is 1.79. The predicted molar refractivity (Wildman–Crippen MR) is 71.2 cm³/mol. The first-order chi connectivity index (χ1) is 8.00. The molecule has 1 aliphatic rings. The minimum Gasteiger partial charge on any atom is -0.389 e. The van der Waals surface area contributed by atoms with Crippen molar-refractivity contribution in [1.29, 1.82) is 0 Å². The molecule has 2 N–H and O–H groups in total. The molecule has 0 fully saturated rings. The summed E-state index contributed by atoms with van der Waals surface area (Å²) in [5, 5.41) is 13.5. The topological polar surface area (TPSA) is 32.3 Å². The summed E-state index contributed by atoms with van der Waals surface area (Å²) in [4.78, 5) is 0. The fourth-order valence-corrected chi connectivity index (χ4v) is 2.25. The maximum atomic E-state index is 10.1. The number of fused-ring (bicyclic) bond motifs is 1. The Morgan fingerprint density at radius 1 is 1.41 bits per heavy atom. The van der Waals surface area contributed by atoms with Gasteiger partial charge in [0, 0.05) is 19.0 Å². The van der Waals surface area contributed by atoms with Crippen LogP contribution in [0.25, 0.3) is 0 Å². The van der Waals surface area contributed by atoms with E-state index in [9.17, 15) is 5.11 Å². The first-order valence-electron chi connectivity index (χ1n) is 6.51. The SMILES string of the molecule is CC(C)C(C)(O)CNCC1Cc2ccccc21. The predicted octanol–water partition coefficient (Wildman–Crippen LogP) is 2.32. The van der Waals surface area contributed by atoms with Gasteiger partial charge in [0.2, 0.25) is 0 Å². The molecule has 94 valence electrons. The van der Waals surface area contributed by atoms with E-state index in [2.05, 4.69) is 43.4 Å². The Morgan fingerprint density at radius 2 is 2.12 bits per heavy atom. The lowest BCUT2D eigenvalue weighted by Gasteiger charge is -2.33. The number of hydrogen-bond donors (Lipinski definition) is 2. The van der Waals surface area contributed by atoms with Gasteiger partial charge < -0.3 is 10.4 Å². The minimum absolute atomic E-state index is 0.281. The van der Waals surface area contributed by atoms with E-state index in [0.29, 0.717) is 12.5 Å². The van der Waals surface area contributed by atoms with Crippen LogP contribution in [-0.2, 0) is 6.42 Å². The molecule has 2 heteroatoms. The molecule has 2 rings (SSSR count). The second-order valence-electron chi connectivity index (χ2n) is 5.74. The van der Waals surface area contributed by atoms with Crippen LogP contribution in [-0.4, -0.2) is 23.8 Å². The molecule has 0 amide bonds. The molecule has 1 aromatic carbocycles. The average molecular weight is 233 g/mol. The molecule has 0 aliphatic heterocycles. The highest BCUT2D eigenvalue weighted by Gasteiger charge is 2.27. The molecule has 0 aromatic heterocycles. The van der Waals surface area contributed by atoms with Crippen LogP contribution in [0, 0.1) is 5.92 Å². The summed E-state index contributed by atoms with van der Waals surface area (Å²) < 4.78 is 0. The van der Waals surface area contributed by atoms with E-state index in [4.69, 9.17) is 0 Å². The van der Waals surface area contributed by atoms with Crippen molar-refractivity contribution in [2.45, 2.75) is 38.7 Å². The largest absolute Gasteiger partial charge is 0.389 e. The summed E-state index contributed by atoms with van der Waals surface area (Å²) in [5.41, 5.74) is 2.35. The molecule has 1 aromatic rings. The molecule has 2 atom stereocenters. The summed E-state index contributed by atoms with van der Waals surface area (Å²) in [6, 6.07) is 8.63. The molecular weight excluding hydrogens is 210 g/mol. The van der Waals surface area contributed by atoms with Gasteiger partial charge in [-0.25, -0.2) is 0 Å². The van der Waals surface area contributed by atoms with Crippen LogP contribution in [0.1, 0.15) is 37.8 Å². The molecule has 0 radical (unpaired) electrons. The van der Waals surface area contributed by atoms with Crippen LogP contribution >= 0.6 is 0 Å². The van der Waals surface area contributed by atoms with E-state index >= 15 is 0 Å². The molecule has 1 aliphatic carbocycles. The number of benzene rings is 1. The third-order valence-corrected chi connectivity index (χ3v) is 4.08. The zero-order chi connectivity index (χ0) is 12.5. The highest BCUT2D eigenvalue weighted by Crippen LogP contribution is 2.34. The smallest absolute Gasteiger partial charge is 0.0766 e. The van der Waals surface area contributed by atoms with Gasteiger partial charge in [0.25, 0.3) is 0 Å². The zero-order valence-corrected chi connectivity index (χ0v) is 11.0. The van der Waals surface area contributed by atoms with Crippen LogP contribution in [0.4, 0.5) is 0 Å². The van der Waals surface area contributed by atoms with Crippen molar-refractivity contribution in [3.63, 3.8) is 0 Å². The van der Waals surface area contributed by atoms with Gasteiger partial charge in [0.15, 0.2) is 0 Å². The molecule has 0 saturated heterocycles. The van der Waals surface area contributed by atoms with Crippen molar-refractivity contribution < 1.29 is 5.11 Å². The highest BCUT2D eigenvalue weighted by atomic mass is 16.3. The second kappa shape index (κ2) is 4.79. The van der Waals surface area contributed by atoms with Crippen molar-refractivity contribution in [3.8, 4) is 0 Å². The lowest BCUT2D eigenvalue weighted by atomic mass is 9.77. The molecular formula is C15H23NO. The van der Waals surface area contributed by atoms with Crippen LogP contribution in [0.2, 0.25) is 0 Å². The third-order valence-electron chi connectivity index (χ3n) is 4.08. The highest BCUT2D eigenvalue weighted by molar-refractivity contribution is 5.40. The van der Waals surface area contributed by atoms with E-state index in [1.807, 2.05) is 6.92 Å². The molecule has 0 bridgehead atoms. The lowest BCUT2D eigenvalue weighted by molar-refractivity contribution is 0.0140. The first kappa shape index (κ1) is 12.6. The fraction of sp³-hybridized carbons (Fsp3) is 0.600. The Morgan fingerprint density at radius 3 is 2.76 bits per heavy atom. The van der Waals surface area contributed by atoms with E-state index in [-0.39, 0.29) is 5.92 Å². The first-order valence-corrected chi connectivity index (χ1v) is 6.51. The van der Waals surface area contributed by atoms with Crippen LogP contribution in [0.5, 0.6) is 0 Å². The second-order valence-corrected chi connectivity index (χ2v) is 5.74. The van der Waals surface area contributed by atoms with Crippen molar-refractivity contribution in [1.82, 2.24) is 5.32 Å². The standard InChI is InChI=1S/C15H23NO/c1-11(2)15(3,17)10-16-9-13-8-12-6-4-5-7-14(12)13/h4-7,11,13,16-17H,8-10H2,1-3H3. The molecule has 0 saturated carbocycles. The number of aliphatic hydroxyl groups is 1. The summed E-state index contributed by atoms with van der Waals surface area (Å²) >= 11 is 0. The summed E-state index contributed by atoms with van der Waals surface area (Å²) in [7, 11) is 0. The molecule has 2 unspecified atom stereocenters. The van der Waals surface area contributed by atoms with Gasteiger partial charge >= 0.3 is 0 Å². The van der Waals surface area contributed by atoms with E-state index < -0.39 is 5.60 Å². The molecule has 0 heterocycles. The van der Waals surface area contributed by atoms with Gasteiger partial charge in [0.05, 0.1) is 5.60 Å². The molecule has 17 heavy (non-hydrogen) atoms. The van der Waals surface area contributed by atoms with Gasteiger partial charge in [-0.1, -0.05) is 38.1 Å². The third kappa shape index (κ3) is 2.70. The van der Waals surface area contributed by atoms with Crippen LogP contribution in [0.3, 0.4) is 0 Å². The van der Waals surface area contributed by atoms with Crippen LogP contribution < -0.4 is 5.32 Å². The Hall–Kier alpha value is -0.860. The summed E-state index contributed by atoms with van der Waals surface area (Å²) in [5.74, 6) is 0.915. The Labute approximate surface area is 104 Å².